The molecular formula is C23H30ClN7. The van der Waals surface area contributed by atoms with Gasteiger partial charge in [0.2, 0.25) is 5.95 Å². The number of piperazine rings is 1. The van der Waals surface area contributed by atoms with Crippen LogP contribution in [0.2, 0.25) is 5.02 Å². The summed E-state index contributed by atoms with van der Waals surface area (Å²) >= 11 is 6.02. The minimum absolute atomic E-state index is 0.674. The molecule has 1 aromatic carbocycles. The van der Waals surface area contributed by atoms with Crippen LogP contribution in [-0.2, 0) is 13.6 Å². The van der Waals surface area contributed by atoms with E-state index in [4.69, 9.17) is 21.6 Å². The molecule has 3 heterocycles. The topological polar surface area (TPSA) is 62.1 Å². The van der Waals surface area contributed by atoms with Crippen LogP contribution in [0.25, 0.3) is 11.0 Å². The predicted octanol–water partition coefficient (Wildman–Crippen LogP) is 4.08. The molecular weight excluding hydrogens is 410 g/mol. The fraction of sp³-hybridized carbons (Fsp3) is 0.522. The number of halogens is 1. The number of fused-ring (bicyclic) bond motifs is 1. The quantitative estimate of drug-likeness (QED) is 0.646. The first kappa shape index (κ1) is 20.5. The van der Waals surface area contributed by atoms with Gasteiger partial charge in [-0.2, -0.15) is 15.1 Å². The Kier molecular flexibility index (Phi) is 5.96. The second-order valence-corrected chi connectivity index (χ2v) is 9.11. The Bertz CT molecular complexity index is 1020. The van der Waals surface area contributed by atoms with E-state index in [0.29, 0.717) is 6.54 Å². The molecule has 0 atom stereocenters. The van der Waals surface area contributed by atoms with Gasteiger partial charge in [-0.3, -0.25) is 9.58 Å². The van der Waals surface area contributed by atoms with Crippen molar-refractivity contribution in [1.82, 2.24) is 24.6 Å². The maximum absolute atomic E-state index is 6.02. The number of hydrogen-bond acceptors (Lipinski definition) is 6. The van der Waals surface area contributed by atoms with E-state index < -0.39 is 0 Å². The van der Waals surface area contributed by atoms with Gasteiger partial charge < -0.3 is 10.2 Å². The van der Waals surface area contributed by atoms with Gasteiger partial charge in [0, 0.05) is 50.8 Å². The van der Waals surface area contributed by atoms with Gasteiger partial charge in [0.05, 0.1) is 11.6 Å². The summed E-state index contributed by atoms with van der Waals surface area (Å²) in [4.78, 5) is 14.8. The van der Waals surface area contributed by atoms with Crippen molar-refractivity contribution in [2.24, 2.45) is 7.05 Å². The van der Waals surface area contributed by atoms with Gasteiger partial charge in [0.25, 0.3) is 0 Å². The molecule has 0 spiro atoms. The molecule has 0 radical (unpaired) electrons. The minimum atomic E-state index is 0.674. The molecule has 164 valence electrons. The third-order valence-corrected chi connectivity index (χ3v) is 6.89. The Balaban J connectivity index is 1.33. The Morgan fingerprint density at radius 2 is 1.74 bits per heavy atom. The molecule has 1 aliphatic carbocycles. The molecule has 5 rings (SSSR count). The highest BCUT2D eigenvalue weighted by atomic mass is 35.5. The average molecular weight is 440 g/mol. The standard InChI is InChI=1S/C23H30ClN7/c1-29-22-20(16-26-29)21(25-15-17-7-9-18(24)10-8-17)27-23(28-22)31-13-11-30(12-14-31)19-5-3-2-4-6-19/h7-10,16,19H,2-6,11-15H2,1H3,(H,25,27,28). The third-order valence-electron chi connectivity index (χ3n) is 6.64. The summed E-state index contributed by atoms with van der Waals surface area (Å²) in [6.45, 7) is 4.79. The zero-order valence-electron chi connectivity index (χ0n) is 18.1. The van der Waals surface area contributed by atoms with Gasteiger partial charge in [-0.1, -0.05) is 43.0 Å². The fourth-order valence-electron chi connectivity index (χ4n) is 4.81. The summed E-state index contributed by atoms with van der Waals surface area (Å²) in [6.07, 6.45) is 8.72. The summed E-state index contributed by atoms with van der Waals surface area (Å²) in [7, 11) is 1.93. The number of rotatable bonds is 5. The average Bonchev–Trinajstić information content (AvgIpc) is 3.20. The predicted molar refractivity (Wildman–Crippen MR) is 126 cm³/mol. The van der Waals surface area contributed by atoms with Gasteiger partial charge in [-0.05, 0) is 30.5 Å². The van der Waals surface area contributed by atoms with E-state index in [1.807, 2.05) is 42.2 Å². The summed E-state index contributed by atoms with van der Waals surface area (Å²) < 4.78 is 1.83. The lowest BCUT2D eigenvalue weighted by Gasteiger charge is -2.40. The van der Waals surface area contributed by atoms with Crippen LogP contribution in [0.1, 0.15) is 37.7 Å². The van der Waals surface area contributed by atoms with E-state index in [1.54, 1.807) is 0 Å². The molecule has 8 heteroatoms. The molecule has 0 unspecified atom stereocenters. The molecule has 0 amide bonds. The second kappa shape index (κ2) is 9.01. The van der Waals surface area contributed by atoms with Crippen LogP contribution in [0.3, 0.4) is 0 Å². The molecule has 1 saturated carbocycles. The van der Waals surface area contributed by atoms with Crippen LogP contribution >= 0.6 is 11.6 Å². The molecule has 3 aromatic rings. The highest BCUT2D eigenvalue weighted by Gasteiger charge is 2.26. The molecule has 1 aliphatic heterocycles. The van der Waals surface area contributed by atoms with Gasteiger partial charge in [-0.25, -0.2) is 0 Å². The first-order valence-electron chi connectivity index (χ1n) is 11.3. The van der Waals surface area contributed by atoms with E-state index in [0.717, 1.165) is 65.6 Å². The number of hydrogen-bond donors (Lipinski definition) is 1. The van der Waals surface area contributed by atoms with Crippen LogP contribution in [0.15, 0.2) is 30.5 Å². The number of nitrogens with zero attached hydrogens (tertiary/aromatic N) is 6. The van der Waals surface area contributed by atoms with Crippen LogP contribution in [0.5, 0.6) is 0 Å². The largest absolute Gasteiger partial charge is 0.365 e. The van der Waals surface area contributed by atoms with Crippen molar-refractivity contribution in [3.05, 3.63) is 41.0 Å². The van der Waals surface area contributed by atoms with Crippen molar-refractivity contribution in [2.75, 3.05) is 36.4 Å². The normalized spacial score (nSPS) is 18.6. The molecule has 2 aliphatic rings. The van der Waals surface area contributed by atoms with Crippen molar-refractivity contribution in [3.8, 4) is 0 Å². The molecule has 1 saturated heterocycles. The van der Waals surface area contributed by atoms with Crippen LogP contribution < -0.4 is 10.2 Å². The van der Waals surface area contributed by atoms with Crippen molar-refractivity contribution in [1.29, 1.82) is 0 Å². The van der Waals surface area contributed by atoms with E-state index in [1.165, 1.54) is 32.1 Å². The summed E-state index contributed by atoms with van der Waals surface area (Å²) in [6, 6.07) is 8.66. The first-order chi connectivity index (χ1) is 15.2. The Hall–Kier alpha value is -2.38. The summed E-state index contributed by atoms with van der Waals surface area (Å²) in [5.74, 6) is 1.62. The number of nitrogens with one attached hydrogen (secondary N) is 1. The monoisotopic (exact) mass is 439 g/mol. The van der Waals surface area contributed by atoms with Gasteiger partial charge in [-0.15, -0.1) is 0 Å². The molecule has 31 heavy (non-hydrogen) atoms. The highest BCUT2D eigenvalue weighted by molar-refractivity contribution is 6.30. The minimum Gasteiger partial charge on any atom is -0.365 e. The van der Waals surface area contributed by atoms with E-state index in [2.05, 4.69) is 20.2 Å². The molecule has 2 aromatic heterocycles. The molecule has 0 bridgehead atoms. The lowest BCUT2D eigenvalue weighted by Crippen LogP contribution is -2.51. The van der Waals surface area contributed by atoms with E-state index in [-0.39, 0.29) is 0 Å². The summed E-state index contributed by atoms with van der Waals surface area (Å²) in [5.41, 5.74) is 2.01. The number of benzene rings is 1. The van der Waals surface area contributed by atoms with E-state index >= 15 is 0 Å². The van der Waals surface area contributed by atoms with Crippen molar-refractivity contribution in [3.63, 3.8) is 0 Å². The van der Waals surface area contributed by atoms with Crippen molar-refractivity contribution in [2.45, 2.75) is 44.7 Å². The van der Waals surface area contributed by atoms with Crippen LogP contribution in [-0.4, -0.2) is 56.9 Å². The second-order valence-electron chi connectivity index (χ2n) is 8.67. The number of aromatic nitrogens is 4. The van der Waals surface area contributed by atoms with Crippen molar-refractivity contribution >= 4 is 34.4 Å². The third kappa shape index (κ3) is 4.48. The summed E-state index contributed by atoms with van der Waals surface area (Å²) in [5, 5.41) is 9.60. The van der Waals surface area contributed by atoms with Crippen LogP contribution in [0.4, 0.5) is 11.8 Å². The number of aryl methyl sites for hydroxylation is 1. The zero-order valence-corrected chi connectivity index (χ0v) is 18.9. The lowest BCUT2D eigenvalue weighted by molar-refractivity contribution is 0.147. The Morgan fingerprint density at radius 3 is 2.48 bits per heavy atom. The molecule has 2 fully saturated rings. The van der Waals surface area contributed by atoms with Gasteiger partial charge in [0.15, 0.2) is 5.65 Å². The maximum atomic E-state index is 6.02. The Labute approximate surface area is 188 Å². The lowest BCUT2D eigenvalue weighted by atomic mass is 9.94. The van der Waals surface area contributed by atoms with E-state index in [9.17, 15) is 0 Å². The zero-order chi connectivity index (χ0) is 21.2. The molecule has 7 nitrogen and oxygen atoms in total. The van der Waals surface area contributed by atoms with Crippen molar-refractivity contribution < 1.29 is 0 Å². The van der Waals surface area contributed by atoms with Crippen LogP contribution in [0, 0.1) is 0 Å². The van der Waals surface area contributed by atoms with Gasteiger partial charge >= 0.3 is 0 Å². The maximum Gasteiger partial charge on any atom is 0.229 e. The van der Waals surface area contributed by atoms with Gasteiger partial charge in [0.1, 0.15) is 5.82 Å². The SMILES string of the molecule is Cn1ncc2c(NCc3ccc(Cl)cc3)nc(N3CCN(C4CCCCC4)CC3)nc21. The first-order valence-corrected chi connectivity index (χ1v) is 11.7. The molecule has 1 N–H and O–H groups in total. The highest BCUT2D eigenvalue weighted by Crippen LogP contribution is 2.27. The fourth-order valence-corrected chi connectivity index (χ4v) is 4.93. The smallest absolute Gasteiger partial charge is 0.229 e. The number of anilines is 2. The Morgan fingerprint density at radius 1 is 1.00 bits per heavy atom.